The van der Waals surface area contributed by atoms with Gasteiger partial charge in [0, 0.05) is 0 Å². The van der Waals surface area contributed by atoms with E-state index in [9.17, 15) is 4.79 Å². The van der Waals surface area contributed by atoms with E-state index < -0.39 is 0 Å². The first-order valence-corrected chi connectivity index (χ1v) is 3.42. The summed E-state index contributed by atoms with van der Waals surface area (Å²) in [6, 6.07) is 0. The van der Waals surface area contributed by atoms with Crippen LogP contribution in [0.3, 0.4) is 0 Å². The summed E-state index contributed by atoms with van der Waals surface area (Å²) in [6.07, 6.45) is 0.849. The van der Waals surface area contributed by atoms with E-state index in [0.29, 0.717) is 0 Å². The lowest BCUT2D eigenvalue weighted by Gasteiger charge is -2.00. The lowest BCUT2D eigenvalue weighted by molar-refractivity contribution is -0.135. The van der Waals surface area contributed by atoms with E-state index in [2.05, 4.69) is 3.07 Å². The molecule has 0 aromatic heterocycles. The van der Waals surface area contributed by atoms with Crippen LogP contribution in [-0.4, -0.2) is 5.97 Å². The molecule has 0 spiro atoms. The Hall–Kier alpha value is 0.200. The molecule has 0 radical (unpaired) electrons. The average molecular weight is 228 g/mol. The number of hydrogen-bond acceptors (Lipinski definition) is 2. The summed E-state index contributed by atoms with van der Waals surface area (Å²) in [5.74, 6) is -0.0833. The fourth-order valence-corrected chi connectivity index (χ4v) is 0.677. The van der Waals surface area contributed by atoms with Crippen LogP contribution in [0.25, 0.3) is 0 Å². The molecule has 0 aliphatic rings. The van der Waals surface area contributed by atoms with Gasteiger partial charge in [0.2, 0.25) is 0 Å². The molecule has 48 valence electrons. The predicted octanol–water partition coefficient (Wildman–Crippen LogP) is 1.93. The van der Waals surface area contributed by atoms with E-state index in [1.807, 2.05) is 13.8 Å². The number of halogens is 1. The predicted molar refractivity (Wildman–Crippen MR) is 39.6 cm³/mol. The molecule has 0 N–H and O–H groups in total. The molecular weight excluding hydrogens is 219 g/mol. The highest BCUT2D eigenvalue weighted by molar-refractivity contribution is 14.1. The van der Waals surface area contributed by atoms with Crippen LogP contribution in [0.1, 0.15) is 20.3 Å². The van der Waals surface area contributed by atoms with Crippen molar-refractivity contribution in [2.45, 2.75) is 20.3 Å². The van der Waals surface area contributed by atoms with Crippen molar-refractivity contribution in [3.8, 4) is 0 Å². The maximum absolute atomic E-state index is 10.5. The van der Waals surface area contributed by atoms with E-state index in [1.54, 1.807) is 23.0 Å². The minimum atomic E-state index is -0.131. The molecule has 0 rings (SSSR count). The van der Waals surface area contributed by atoms with Crippen molar-refractivity contribution in [2.24, 2.45) is 5.92 Å². The Balaban J connectivity index is 3.46. The molecule has 0 heterocycles. The zero-order chi connectivity index (χ0) is 6.57. The standard InChI is InChI=1S/C5H9IO2/c1-3-4(2)5(7)8-6/h4H,3H2,1-2H3. The van der Waals surface area contributed by atoms with Gasteiger partial charge in [0.15, 0.2) is 23.0 Å². The Morgan fingerprint density at radius 2 is 2.38 bits per heavy atom. The Kier molecular flexibility index (Phi) is 4.22. The highest BCUT2D eigenvalue weighted by Crippen LogP contribution is 2.04. The average Bonchev–Trinajstić information content (AvgIpc) is 1.84. The number of carbonyl (C=O) groups is 1. The quantitative estimate of drug-likeness (QED) is 0.675. The number of hydrogen-bond donors (Lipinski definition) is 0. The highest BCUT2D eigenvalue weighted by atomic mass is 127. The van der Waals surface area contributed by atoms with Gasteiger partial charge in [0.25, 0.3) is 0 Å². The fourth-order valence-electron chi connectivity index (χ4n) is 0.243. The molecule has 0 aliphatic heterocycles. The lowest BCUT2D eigenvalue weighted by atomic mass is 10.1. The summed E-state index contributed by atoms with van der Waals surface area (Å²) in [6.45, 7) is 3.80. The van der Waals surface area contributed by atoms with Gasteiger partial charge >= 0.3 is 5.97 Å². The largest absolute Gasteiger partial charge is 0.394 e. The van der Waals surface area contributed by atoms with Crippen LogP contribution < -0.4 is 0 Å². The third-order valence-corrected chi connectivity index (χ3v) is 1.52. The third-order valence-electron chi connectivity index (χ3n) is 1.09. The van der Waals surface area contributed by atoms with Crippen LogP contribution in [-0.2, 0) is 7.86 Å². The fraction of sp³-hybridized carbons (Fsp3) is 0.800. The van der Waals surface area contributed by atoms with Crippen molar-refractivity contribution < 1.29 is 7.86 Å². The minimum absolute atomic E-state index is 0.0481. The summed E-state index contributed by atoms with van der Waals surface area (Å²) in [4.78, 5) is 10.5. The molecule has 0 aromatic rings. The maximum Gasteiger partial charge on any atom is 0.318 e. The Morgan fingerprint density at radius 3 is 2.50 bits per heavy atom. The van der Waals surface area contributed by atoms with Gasteiger partial charge in [-0.05, 0) is 6.42 Å². The van der Waals surface area contributed by atoms with E-state index in [-0.39, 0.29) is 11.9 Å². The number of rotatable bonds is 2. The SMILES string of the molecule is CCC(C)C(=O)OI. The normalized spacial score (nSPS) is 12.9. The summed E-state index contributed by atoms with van der Waals surface area (Å²) < 4.78 is 4.43. The maximum atomic E-state index is 10.5. The van der Waals surface area contributed by atoms with Gasteiger partial charge in [-0.1, -0.05) is 13.8 Å². The van der Waals surface area contributed by atoms with Crippen molar-refractivity contribution in [1.29, 1.82) is 0 Å². The first-order valence-electron chi connectivity index (χ1n) is 2.54. The molecule has 2 nitrogen and oxygen atoms in total. The molecule has 3 heteroatoms. The van der Waals surface area contributed by atoms with Crippen molar-refractivity contribution >= 4 is 29.0 Å². The van der Waals surface area contributed by atoms with Crippen LogP contribution in [0.4, 0.5) is 0 Å². The molecule has 0 amide bonds. The molecule has 8 heavy (non-hydrogen) atoms. The second-order valence-electron chi connectivity index (χ2n) is 1.71. The van der Waals surface area contributed by atoms with Gasteiger partial charge in [-0.25, -0.2) is 0 Å². The van der Waals surface area contributed by atoms with E-state index >= 15 is 0 Å². The number of carbonyl (C=O) groups excluding carboxylic acids is 1. The molecule has 0 fully saturated rings. The molecule has 0 saturated heterocycles. The van der Waals surface area contributed by atoms with Crippen LogP contribution in [0.2, 0.25) is 0 Å². The lowest BCUT2D eigenvalue weighted by Crippen LogP contribution is -2.08. The summed E-state index contributed by atoms with van der Waals surface area (Å²) in [7, 11) is 0. The zero-order valence-corrected chi connectivity index (χ0v) is 7.14. The minimum Gasteiger partial charge on any atom is -0.394 e. The van der Waals surface area contributed by atoms with Crippen molar-refractivity contribution in [1.82, 2.24) is 0 Å². The molecule has 0 aromatic carbocycles. The van der Waals surface area contributed by atoms with Gasteiger partial charge in [-0.3, -0.25) is 4.79 Å². The van der Waals surface area contributed by atoms with Crippen LogP contribution >= 0.6 is 23.0 Å². The van der Waals surface area contributed by atoms with E-state index in [1.165, 1.54) is 0 Å². The highest BCUT2D eigenvalue weighted by Gasteiger charge is 2.09. The van der Waals surface area contributed by atoms with Crippen LogP contribution in [0.15, 0.2) is 0 Å². The van der Waals surface area contributed by atoms with E-state index in [0.717, 1.165) is 6.42 Å². The molecule has 0 saturated carbocycles. The smallest absolute Gasteiger partial charge is 0.318 e. The summed E-state index contributed by atoms with van der Waals surface area (Å²) in [5, 5.41) is 0. The summed E-state index contributed by atoms with van der Waals surface area (Å²) >= 11 is 1.60. The second kappa shape index (κ2) is 4.12. The third kappa shape index (κ3) is 2.49. The molecule has 1 unspecified atom stereocenters. The van der Waals surface area contributed by atoms with Crippen LogP contribution in [0, 0.1) is 5.92 Å². The van der Waals surface area contributed by atoms with Gasteiger partial charge in [0.1, 0.15) is 0 Å². The summed E-state index contributed by atoms with van der Waals surface area (Å²) in [5.41, 5.74) is 0. The molecule has 0 bridgehead atoms. The van der Waals surface area contributed by atoms with Gasteiger partial charge in [-0.15, -0.1) is 0 Å². The topological polar surface area (TPSA) is 26.3 Å². The zero-order valence-electron chi connectivity index (χ0n) is 4.98. The first kappa shape index (κ1) is 8.20. The van der Waals surface area contributed by atoms with Crippen LogP contribution in [0.5, 0.6) is 0 Å². The molecule has 1 atom stereocenters. The molecule has 0 aliphatic carbocycles. The van der Waals surface area contributed by atoms with E-state index in [4.69, 9.17) is 0 Å². The Bertz CT molecular complexity index is 82.5. The van der Waals surface area contributed by atoms with Crippen molar-refractivity contribution in [2.75, 3.05) is 0 Å². The monoisotopic (exact) mass is 228 g/mol. The van der Waals surface area contributed by atoms with Gasteiger partial charge in [0.05, 0.1) is 5.92 Å². The second-order valence-corrected chi connectivity index (χ2v) is 2.15. The van der Waals surface area contributed by atoms with Gasteiger partial charge < -0.3 is 3.07 Å². The Labute approximate surface area is 63.3 Å². The Morgan fingerprint density at radius 1 is 1.88 bits per heavy atom. The van der Waals surface area contributed by atoms with Gasteiger partial charge in [-0.2, -0.15) is 0 Å². The van der Waals surface area contributed by atoms with Crippen molar-refractivity contribution in [3.63, 3.8) is 0 Å². The first-order chi connectivity index (χ1) is 3.72. The molecular formula is C5H9IO2. The van der Waals surface area contributed by atoms with Crippen molar-refractivity contribution in [3.05, 3.63) is 0 Å².